The summed E-state index contributed by atoms with van der Waals surface area (Å²) in [5, 5.41) is 5.96. The number of rotatable bonds is 3. The average molecular weight is 359 g/mol. The molecular weight excluding hydrogens is 343 g/mol. The van der Waals surface area contributed by atoms with Gasteiger partial charge in [-0.2, -0.15) is 0 Å². The van der Waals surface area contributed by atoms with Gasteiger partial charge in [-0.3, -0.25) is 9.59 Å². The molecule has 1 aliphatic heterocycles. The molecule has 4 nitrogen and oxygen atoms in total. The zero-order valence-electron chi connectivity index (χ0n) is 13.5. The van der Waals surface area contributed by atoms with Gasteiger partial charge < -0.3 is 10.6 Å². The first-order valence-corrected chi connectivity index (χ1v) is 8.15. The fourth-order valence-electron chi connectivity index (χ4n) is 2.77. The van der Waals surface area contributed by atoms with Crippen molar-refractivity contribution in [1.82, 2.24) is 5.32 Å². The summed E-state index contributed by atoms with van der Waals surface area (Å²) in [5.74, 6) is -1.33. The molecule has 2 amide bonds. The average Bonchev–Trinajstić information content (AvgIpc) is 2.59. The molecule has 0 bridgehead atoms. The Bertz CT molecular complexity index is 862. The van der Waals surface area contributed by atoms with E-state index in [0.717, 1.165) is 5.56 Å². The second kappa shape index (κ2) is 7.07. The van der Waals surface area contributed by atoms with E-state index in [4.69, 9.17) is 11.6 Å². The van der Waals surface area contributed by atoms with E-state index in [2.05, 4.69) is 10.6 Å². The van der Waals surface area contributed by atoms with Crippen LogP contribution in [0.15, 0.2) is 54.2 Å². The molecule has 6 heteroatoms. The Morgan fingerprint density at radius 1 is 1.24 bits per heavy atom. The molecule has 0 fully saturated rings. The van der Waals surface area contributed by atoms with Crippen LogP contribution in [0.2, 0.25) is 5.02 Å². The van der Waals surface area contributed by atoms with Crippen molar-refractivity contribution in [2.24, 2.45) is 0 Å². The third-order valence-electron chi connectivity index (χ3n) is 4.20. The summed E-state index contributed by atoms with van der Waals surface area (Å²) in [6, 6.07) is 11.1. The fraction of sp³-hybridized carbons (Fsp3) is 0.158. The summed E-state index contributed by atoms with van der Waals surface area (Å²) in [5.41, 5.74) is 2.48. The zero-order chi connectivity index (χ0) is 18.0. The van der Waals surface area contributed by atoms with E-state index in [1.807, 2.05) is 6.92 Å². The summed E-state index contributed by atoms with van der Waals surface area (Å²) >= 11 is 6.08. The molecule has 2 N–H and O–H groups in total. The molecule has 25 heavy (non-hydrogen) atoms. The van der Waals surface area contributed by atoms with E-state index in [1.54, 1.807) is 30.3 Å². The minimum absolute atomic E-state index is 0.124. The Balaban J connectivity index is 1.89. The van der Waals surface area contributed by atoms with E-state index in [9.17, 15) is 14.0 Å². The molecule has 0 spiro atoms. The first-order valence-electron chi connectivity index (χ1n) is 7.77. The van der Waals surface area contributed by atoms with Gasteiger partial charge in [0, 0.05) is 34.8 Å². The highest BCUT2D eigenvalue weighted by Crippen LogP contribution is 2.32. The second-order valence-electron chi connectivity index (χ2n) is 5.84. The van der Waals surface area contributed by atoms with Crippen LogP contribution in [0, 0.1) is 12.7 Å². The van der Waals surface area contributed by atoms with Gasteiger partial charge in [-0.1, -0.05) is 29.8 Å². The molecule has 1 heterocycles. The normalized spacial score (nSPS) is 16.8. The van der Waals surface area contributed by atoms with Gasteiger partial charge in [-0.15, -0.1) is 0 Å². The van der Waals surface area contributed by atoms with Gasteiger partial charge in [0.05, 0.1) is 0 Å². The third kappa shape index (κ3) is 3.72. The highest BCUT2D eigenvalue weighted by atomic mass is 35.5. The van der Waals surface area contributed by atoms with Crippen LogP contribution in [-0.2, 0) is 9.59 Å². The third-order valence-corrected chi connectivity index (χ3v) is 4.61. The lowest BCUT2D eigenvalue weighted by atomic mass is 9.86. The summed E-state index contributed by atoms with van der Waals surface area (Å²) in [6.07, 6.45) is 1.54. The Kier molecular flexibility index (Phi) is 4.86. The number of hydrogen-bond acceptors (Lipinski definition) is 2. The molecule has 0 saturated carbocycles. The molecule has 128 valence electrons. The highest BCUT2D eigenvalue weighted by Gasteiger charge is 2.29. The van der Waals surface area contributed by atoms with Crippen molar-refractivity contribution in [3.8, 4) is 0 Å². The van der Waals surface area contributed by atoms with Crippen LogP contribution in [0.1, 0.15) is 23.5 Å². The fourth-order valence-corrected chi connectivity index (χ4v) is 2.94. The van der Waals surface area contributed by atoms with Gasteiger partial charge in [0.25, 0.3) is 5.91 Å². The van der Waals surface area contributed by atoms with Gasteiger partial charge in [0.1, 0.15) is 5.82 Å². The zero-order valence-corrected chi connectivity index (χ0v) is 14.2. The number of hydrogen-bond donors (Lipinski definition) is 2. The molecule has 1 atom stereocenters. The van der Waals surface area contributed by atoms with E-state index >= 15 is 0 Å². The summed E-state index contributed by atoms with van der Waals surface area (Å²) in [7, 11) is 0. The molecule has 0 aliphatic carbocycles. The quantitative estimate of drug-likeness (QED) is 0.873. The Morgan fingerprint density at radius 2 is 1.96 bits per heavy atom. The van der Waals surface area contributed by atoms with Crippen molar-refractivity contribution in [3.05, 3.63) is 76.2 Å². The molecule has 3 rings (SSSR count). The maximum absolute atomic E-state index is 13.2. The van der Waals surface area contributed by atoms with Crippen molar-refractivity contribution in [3.63, 3.8) is 0 Å². The molecule has 2 aromatic rings. The molecule has 0 radical (unpaired) electrons. The van der Waals surface area contributed by atoms with E-state index < -0.39 is 5.92 Å². The van der Waals surface area contributed by atoms with Crippen molar-refractivity contribution in [1.29, 1.82) is 0 Å². The molecular formula is C19H16ClFN2O2. The maximum atomic E-state index is 13.2. The van der Waals surface area contributed by atoms with Gasteiger partial charge in [0.2, 0.25) is 5.91 Å². The highest BCUT2D eigenvalue weighted by molar-refractivity contribution is 6.31. The number of nitrogens with one attached hydrogen (secondary N) is 2. The molecule has 0 aromatic heterocycles. The van der Waals surface area contributed by atoms with Gasteiger partial charge in [0.15, 0.2) is 0 Å². The number of amides is 2. The van der Waals surface area contributed by atoms with Gasteiger partial charge >= 0.3 is 0 Å². The van der Waals surface area contributed by atoms with Crippen LogP contribution >= 0.6 is 11.6 Å². The van der Waals surface area contributed by atoms with Crippen LogP contribution in [-0.4, -0.2) is 11.8 Å². The maximum Gasteiger partial charge on any atom is 0.253 e. The largest absolute Gasteiger partial charge is 0.332 e. The predicted molar refractivity (Wildman–Crippen MR) is 94.8 cm³/mol. The summed E-state index contributed by atoms with van der Waals surface area (Å²) < 4.78 is 13.2. The Morgan fingerprint density at radius 3 is 2.68 bits per heavy atom. The van der Waals surface area contributed by atoms with Crippen LogP contribution in [0.4, 0.5) is 10.1 Å². The van der Waals surface area contributed by atoms with Crippen LogP contribution in [0.3, 0.4) is 0 Å². The van der Waals surface area contributed by atoms with E-state index in [1.165, 1.54) is 18.3 Å². The number of halogens is 2. The summed E-state index contributed by atoms with van der Waals surface area (Å²) in [6.45, 7) is 1.81. The van der Waals surface area contributed by atoms with Crippen molar-refractivity contribution in [2.45, 2.75) is 19.3 Å². The number of benzene rings is 2. The summed E-state index contributed by atoms with van der Waals surface area (Å²) in [4.78, 5) is 24.5. The smallest absolute Gasteiger partial charge is 0.253 e. The van der Waals surface area contributed by atoms with Crippen molar-refractivity contribution >= 4 is 29.1 Å². The number of carbonyl (C=O) groups is 2. The molecule has 1 unspecified atom stereocenters. The first kappa shape index (κ1) is 17.2. The lowest BCUT2D eigenvalue weighted by Crippen LogP contribution is -2.32. The van der Waals surface area contributed by atoms with Crippen LogP contribution in [0.5, 0.6) is 0 Å². The first-order chi connectivity index (χ1) is 12.0. The molecule has 0 saturated heterocycles. The van der Waals surface area contributed by atoms with Crippen LogP contribution < -0.4 is 10.6 Å². The lowest BCUT2D eigenvalue weighted by Gasteiger charge is -2.24. The van der Waals surface area contributed by atoms with Crippen molar-refractivity contribution < 1.29 is 14.0 Å². The van der Waals surface area contributed by atoms with E-state index in [0.29, 0.717) is 21.8 Å². The monoisotopic (exact) mass is 358 g/mol. The van der Waals surface area contributed by atoms with E-state index in [-0.39, 0.29) is 24.1 Å². The molecule has 2 aromatic carbocycles. The standard InChI is InChI=1S/C19H16ClFN2O2/c1-11-16(20)3-2-4-17(11)23-19(25)15-10-22-18(24)9-14(15)12-5-7-13(21)8-6-12/h2-8,10,14H,9H2,1H3,(H,22,24)(H,23,25). The van der Waals surface area contributed by atoms with Crippen molar-refractivity contribution in [2.75, 3.05) is 5.32 Å². The minimum atomic E-state index is -0.436. The topological polar surface area (TPSA) is 58.2 Å². The molecule has 1 aliphatic rings. The van der Waals surface area contributed by atoms with Gasteiger partial charge in [-0.25, -0.2) is 4.39 Å². The second-order valence-corrected chi connectivity index (χ2v) is 6.25. The number of anilines is 1. The lowest BCUT2D eigenvalue weighted by molar-refractivity contribution is -0.121. The van der Waals surface area contributed by atoms with Gasteiger partial charge in [-0.05, 0) is 42.3 Å². The SMILES string of the molecule is Cc1c(Cl)cccc1NC(=O)C1=CNC(=O)CC1c1ccc(F)cc1. The van der Waals surface area contributed by atoms with Crippen LogP contribution in [0.25, 0.3) is 0 Å². The number of carbonyl (C=O) groups excluding carboxylic acids is 2. The predicted octanol–water partition coefficient (Wildman–Crippen LogP) is 3.91. The Labute approximate surface area is 149 Å². The Hall–Kier alpha value is -2.66. The minimum Gasteiger partial charge on any atom is -0.332 e.